The van der Waals surface area contributed by atoms with Crippen LogP contribution in [0.4, 0.5) is 4.79 Å². The molecule has 1 amide bonds. The van der Waals surface area contributed by atoms with Crippen molar-refractivity contribution in [3.05, 3.63) is 0 Å². The van der Waals surface area contributed by atoms with Crippen LogP contribution < -0.4 is 10.5 Å². The van der Waals surface area contributed by atoms with Gasteiger partial charge in [-0.05, 0) is 0 Å². The third-order valence-electron chi connectivity index (χ3n) is 0.663. The molecule has 0 aliphatic carbocycles. The number of nitrogens with two attached hydrogens (primary N) is 1. The number of nitrogens with one attached hydrogen (secondary N) is 1. The highest BCUT2D eigenvalue weighted by Gasteiger charge is 2.02. The van der Waals surface area contributed by atoms with Gasteiger partial charge in [-0.2, -0.15) is 0 Å². The molecular formula is C3H8N2O4S. The minimum absolute atomic E-state index is 0.172. The smallest absolute Gasteiger partial charge is 0.404 e. The molecule has 0 saturated carbocycles. The number of hydrogen-bond acceptors (Lipinski definition) is 3. The minimum atomic E-state index is -3.55. The molecule has 0 heterocycles. The minimum Gasteiger partial charge on any atom is -0.465 e. The van der Waals surface area contributed by atoms with Crippen molar-refractivity contribution in [3.63, 3.8) is 0 Å². The largest absolute Gasteiger partial charge is 0.465 e. The maximum atomic E-state index is 10.2. The molecule has 0 aliphatic rings. The zero-order valence-corrected chi connectivity index (χ0v) is 5.89. The molecule has 0 aromatic heterocycles. The predicted molar refractivity (Wildman–Crippen MR) is 34.0 cm³/mol. The molecule has 6 nitrogen and oxygen atoms in total. The Morgan fingerprint density at radius 3 is 2.40 bits per heavy atom. The van der Waals surface area contributed by atoms with Crippen molar-refractivity contribution in [3.8, 4) is 0 Å². The van der Waals surface area contributed by atoms with E-state index in [-0.39, 0.29) is 12.3 Å². The zero-order chi connectivity index (χ0) is 8.20. The molecule has 0 radical (unpaired) electrons. The summed E-state index contributed by atoms with van der Waals surface area (Å²) >= 11 is 0. The molecule has 60 valence electrons. The summed E-state index contributed by atoms with van der Waals surface area (Å²) in [5.74, 6) is -0.376. The lowest BCUT2D eigenvalue weighted by molar-refractivity contribution is 0.195. The average Bonchev–Trinajstić information content (AvgIpc) is 1.59. The second-order valence-corrected chi connectivity index (χ2v) is 3.33. The van der Waals surface area contributed by atoms with Crippen molar-refractivity contribution >= 4 is 16.1 Å². The molecule has 0 atom stereocenters. The van der Waals surface area contributed by atoms with E-state index in [1.165, 1.54) is 0 Å². The van der Waals surface area contributed by atoms with E-state index in [0.717, 1.165) is 0 Å². The lowest BCUT2D eigenvalue weighted by Crippen LogP contribution is -2.30. The highest BCUT2D eigenvalue weighted by atomic mass is 32.2. The normalized spacial score (nSPS) is 10.9. The van der Waals surface area contributed by atoms with E-state index in [0.29, 0.717) is 0 Å². The summed E-state index contributed by atoms with van der Waals surface area (Å²) in [5, 5.41) is 14.4. The number of sulfonamides is 1. The van der Waals surface area contributed by atoms with Gasteiger partial charge >= 0.3 is 6.09 Å². The Hall–Kier alpha value is -0.820. The number of primary sulfonamides is 1. The summed E-state index contributed by atoms with van der Waals surface area (Å²) in [6, 6.07) is 0. The van der Waals surface area contributed by atoms with Gasteiger partial charge in [-0.25, -0.2) is 18.4 Å². The van der Waals surface area contributed by atoms with Crippen molar-refractivity contribution in [2.75, 3.05) is 12.3 Å². The van der Waals surface area contributed by atoms with E-state index in [1.807, 2.05) is 5.32 Å². The highest BCUT2D eigenvalue weighted by molar-refractivity contribution is 7.89. The molecule has 0 aromatic carbocycles. The zero-order valence-electron chi connectivity index (χ0n) is 5.07. The third-order valence-corrected chi connectivity index (χ3v) is 1.44. The van der Waals surface area contributed by atoms with Crippen LogP contribution in [0.5, 0.6) is 0 Å². The molecule has 0 rings (SSSR count). The first-order valence-electron chi connectivity index (χ1n) is 2.39. The fourth-order valence-corrected chi connectivity index (χ4v) is 0.687. The van der Waals surface area contributed by atoms with Gasteiger partial charge in [0.05, 0.1) is 5.75 Å². The Balaban J connectivity index is 3.49. The van der Waals surface area contributed by atoms with Gasteiger partial charge in [0.15, 0.2) is 0 Å². The number of hydrogen-bond donors (Lipinski definition) is 3. The Kier molecular flexibility index (Phi) is 3.10. The monoisotopic (exact) mass is 168 g/mol. The summed E-state index contributed by atoms with van der Waals surface area (Å²) in [6.45, 7) is -0.172. The van der Waals surface area contributed by atoms with Crippen LogP contribution in [-0.2, 0) is 10.0 Å². The SMILES string of the molecule is NS(=O)(=O)CCNC(=O)O. The molecule has 0 spiro atoms. The third kappa shape index (κ3) is 7.18. The van der Waals surface area contributed by atoms with Crippen molar-refractivity contribution in [1.82, 2.24) is 5.32 Å². The quantitative estimate of drug-likeness (QED) is 0.478. The maximum Gasteiger partial charge on any atom is 0.404 e. The van der Waals surface area contributed by atoms with E-state index >= 15 is 0 Å². The second-order valence-electron chi connectivity index (χ2n) is 1.60. The number of rotatable bonds is 3. The van der Waals surface area contributed by atoms with E-state index in [9.17, 15) is 13.2 Å². The van der Waals surface area contributed by atoms with Crippen LogP contribution in [0.25, 0.3) is 0 Å². The Morgan fingerprint density at radius 2 is 2.10 bits per heavy atom. The second kappa shape index (κ2) is 3.37. The molecule has 0 saturated heterocycles. The van der Waals surface area contributed by atoms with Gasteiger partial charge in [-0.15, -0.1) is 0 Å². The Labute approximate surface area is 58.1 Å². The van der Waals surface area contributed by atoms with Crippen LogP contribution in [0.3, 0.4) is 0 Å². The summed E-state index contributed by atoms with van der Waals surface area (Å²) in [4.78, 5) is 9.74. The Morgan fingerprint density at radius 1 is 1.60 bits per heavy atom. The first kappa shape index (κ1) is 9.18. The molecule has 4 N–H and O–H groups in total. The summed E-state index contributed by atoms with van der Waals surface area (Å²) < 4.78 is 20.3. The van der Waals surface area contributed by atoms with Crippen LogP contribution in [0.2, 0.25) is 0 Å². The van der Waals surface area contributed by atoms with Gasteiger partial charge in [0.1, 0.15) is 0 Å². The van der Waals surface area contributed by atoms with Gasteiger partial charge in [0.2, 0.25) is 10.0 Å². The topological polar surface area (TPSA) is 109 Å². The Bertz CT molecular complexity index is 209. The van der Waals surface area contributed by atoms with Crippen molar-refractivity contribution in [2.24, 2.45) is 5.14 Å². The molecule has 10 heavy (non-hydrogen) atoms. The fraction of sp³-hybridized carbons (Fsp3) is 0.667. The van der Waals surface area contributed by atoms with Gasteiger partial charge in [-0.3, -0.25) is 0 Å². The molecule has 0 aliphatic heterocycles. The first-order valence-corrected chi connectivity index (χ1v) is 4.10. The summed E-state index contributed by atoms with van der Waals surface area (Å²) in [6.07, 6.45) is -1.26. The van der Waals surface area contributed by atoms with Gasteiger partial charge in [0.25, 0.3) is 0 Å². The molecule has 7 heteroatoms. The molecule has 0 fully saturated rings. The first-order chi connectivity index (χ1) is 4.42. The van der Waals surface area contributed by atoms with E-state index in [2.05, 4.69) is 5.14 Å². The number of carbonyl (C=O) groups is 1. The maximum absolute atomic E-state index is 10.2. The molecule has 0 bridgehead atoms. The lowest BCUT2D eigenvalue weighted by atomic mass is 10.7. The molecular weight excluding hydrogens is 160 g/mol. The van der Waals surface area contributed by atoms with Crippen molar-refractivity contribution in [1.29, 1.82) is 0 Å². The van der Waals surface area contributed by atoms with Crippen LogP contribution >= 0.6 is 0 Å². The molecule has 0 unspecified atom stereocenters. The van der Waals surface area contributed by atoms with E-state index in [1.54, 1.807) is 0 Å². The van der Waals surface area contributed by atoms with Crippen LogP contribution in [0, 0.1) is 0 Å². The van der Waals surface area contributed by atoms with Gasteiger partial charge in [0, 0.05) is 6.54 Å². The number of amides is 1. The van der Waals surface area contributed by atoms with Crippen LogP contribution in [0.15, 0.2) is 0 Å². The van der Waals surface area contributed by atoms with Crippen molar-refractivity contribution < 1.29 is 18.3 Å². The van der Waals surface area contributed by atoms with E-state index in [4.69, 9.17) is 5.11 Å². The van der Waals surface area contributed by atoms with Gasteiger partial charge in [-0.1, -0.05) is 0 Å². The highest BCUT2D eigenvalue weighted by Crippen LogP contribution is 1.73. The lowest BCUT2D eigenvalue weighted by Gasteiger charge is -1.96. The van der Waals surface area contributed by atoms with Crippen LogP contribution in [0.1, 0.15) is 0 Å². The molecule has 0 aromatic rings. The van der Waals surface area contributed by atoms with E-state index < -0.39 is 16.1 Å². The average molecular weight is 168 g/mol. The van der Waals surface area contributed by atoms with Gasteiger partial charge < -0.3 is 10.4 Å². The number of carboxylic acid groups (broad SMARTS) is 1. The standard InChI is InChI=1S/C3H8N2O4S/c4-10(8,9)2-1-5-3(6)7/h5H,1-2H2,(H,6,7)(H2,4,8,9). The predicted octanol–water partition coefficient (Wildman–Crippen LogP) is -1.46. The fourth-order valence-electron chi connectivity index (χ4n) is 0.300. The van der Waals surface area contributed by atoms with Crippen molar-refractivity contribution in [2.45, 2.75) is 0 Å². The van der Waals surface area contributed by atoms with Crippen LogP contribution in [-0.4, -0.2) is 31.9 Å². The summed E-state index contributed by atoms with van der Waals surface area (Å²) in [7, 11) is -3.55. The summed E-state index contributed by atoms with van der Waals surface area (Å²) in [5.41, 5.74) is 0.